The monoisotopic (exact) mass is 413 g/mol. The number of ether oxygens (including phenoxy) is 1. The van der Waals surface area contributed by atoms with E-state index in [0.717, 1.165) is 52.0 Å². The maximum absolute atomic E-state index is 11.8. The van der Waals surface area contributed by atoms with Crippen LogP contribution in [-0.2, 0) is 13.0 Å². The lowest BCUT2D eigenvalue weighted by atomic mass is 9.88. The number of hydrogen-bond donors (Lipinski definition) is 2. The van der Waals surface area contributed by atoms with Gasteiger partial charge >= 0.3 is 5.97 Å². The van der Waals surface area contributed by atoms with Crippen LogP contribution in [0.5, 0.6) is 5.75 Å². The van der Waals surface area contributed by atoms with Crippen LogP contribution in [0.1, 0.15) is 50.2 Å². The highest BCUT2D eigenvalue weighted by Crippen LogP contribution is 2.42. The molecule has 31 heavy (non-hydrogen) atoms. The number of aromatic carboxylic acids is 1. The average molecular weight is 414 g/mol. The van der Waals surface area contributed by atoms with Gasteiger partial charge in [0.1, 0.15) is 12.4 Å². The fourth-order valence-corrected chi connectivity index (χ4v) is 4.08. The number of carboxylic acid groups (broad SMARTS) is 1. The molecule has 0 unspecified atom stereocenters. The molecule has 0 heterocycles. The Balaban J connectivity index is 1.86. The summed E-state index contributed by atoms with van der Waals surface area (Å²) in [6.45, 7) is 6.38. The molecule has 0 radical (unpaired) electrons. The molecular weight excluding hydrogens is 386 g/mol. The largest absolute Gasteiger partial charge is 0.488 e. The van der Waals surface area contributed by atoms with Gasteiger partial charge in [0.25, 0.3) is 0 Å². The Hall–Kier alpha value is -3.53. The van der Waals surface area contributed by atoms with E-state index in [0.29, 0.717) is 6.61 Å². The molecule has 0 spiro atoms. The second kappa shape index (κ2) is 8.31. The first-order chi connectivity index (χ1) is 14.8. The van der Waals surface area contributed by atoms with Crippen molar-refractivity contribution >= 4 is 17.7 Å². The zero-order valence-electron chi connectivity index (χ0n) is 18.2. The molecule has 0 amide bonds. The molecule has 0 bridgehead atoms. The Morgan fingerprint density at radius 2 is 1.84 bits per heavy atom. The quantitative estimate of drug-likeness (QED) is 0.496. The summed E-state index contributed by atoms with van der Waals surface area (Å²) in [5.41, 5.74) is 14.8. The zero-order valence-corrected chi connectivity index (χ0v) is 18.2. The summed E-state index contributed by atoms with van der Waals surface area (Å²) in [7, 11) is 0. The van der Waals surface area contributed by atoms with Gasteiger partial charge < -0.3 is 15.6 Å². The van der Waals surface area contributed by atoms with E-state index in [-0.39, 0.29) is 11.3 Å². The minimum Gasteiger partial charge on any atom is -0.488 e. The van der Waals surface area contributed by atoms with E-state index in [2.05, 4.69) is 55.5 Å². The van der Waals surface area contributed by atoms with Gasteiger partial charge in [-0.15, -0.1) is 0 Å². The summed E-state index contributed by atoms with van der Waals surface area (Å²) < 4.78 is 6.31. The Kier molecular flexibility index (Phi) is 5.55. The summed E-state index contributed by atoms with van der Waals surface area (Å²) >= 11 is 0. The van der Waals surface area contributed by atoms with Crippen LogP contribution in [0.3, 0.4) is 0 Å². The lowest BCUT2D eigenvalue weighted by molar-refractivity contribution is 0.0698. The van der Waals surface area contributed by atoms with Crippen LogP contribution in [-0.4, -0.2) is 11.1 Å². The number of allylic oxidation sites excluding steroid dienone is 1. The van der Waals surface area contributed by atoms with Gasteiger partial charge in [0, 0.05) is 11.1 Å². The highest BCUT2D eigenvalue weighted by molar-refractivity contribution is 6.00. The van der Waals surface area contributed by atoms with E-state index in [4.69, 9.17) is 10.5 Å². The van der Waals surface area contributed by atoms with Gasteiger partial charge in [0.2, 0.25) is 0 Å². The van der Waals surface area contributed by atoms with Crippen molar-refractivity contribution in [3.63, 3.8) is 0 Å². The molecule has 3 aromatic rings. The van der Waals surface area contributed by atoms with Crippen molar-refractivity contribution in [2.45, 2.75) is 40.2 Å². The Morgan fingerprint density at radius 1 is 1.10 bits per heavy atom. The van der Waals surface area contributed by atoms with Crippen LogP contribution >= 0.6 is 0 Å². The fourth-order valence-electron chi connectivity index (χ4n) is 4.08. The number of anilines is 1. The molecule has 4 rings (SSSR count). The third-order valence-electron chi connectivity index (χ3n) is 6.02. The van der Waals surface area contributed by atoms with Crippen molar-refractivity contribution in [1.82, 2.24) is 0 Å². The molecular formula is C27H27NO3. The van der Waals surface area contributed by atoms with Crippen molar-refractivity contribution in [2.75, 3.05) is 5.73 Å². The lowest BCUT2D eigenvalue weighted by Gasteiger charge is -2.21. The van der Waals surface area contributed by atoms with Gasteiger partial charge in [-0.2, -0.15) is 0 Å². The summed E-state index contributed by atoms with van der Waals surface area (Å²) in [5.74, 6) is -0.298. The molecule has 4 nitrogen and oxygen atoms in total. The van der Waals surface area contributed by atoms with Crippen molar-refractivity contribution in [3.8, 4) is 16.9 Å². The van der Waals surface area contributed by atoms with Crippen molar-refractivity contribution in [1.29, 1.82) is 0 Å². The Bertz CT molecular complexity index is 1190. The molecule has 1 aliphatic rings. The maximum atomic E-state index is 11.8. The summed E-state index contributed by atoms with van der Waals surface area (Å²) in [4.78, 5) is 11.8. The molecule has 0 aliphatic heterocycles. The van der Waals surface area contributed by atoms with Crippen LogP contribution in [0.2, 0.25) is 0 Å². The maximum Gasteiger partial charge on any atom is 0.337 e. The molecule has 0 aromatic heterocycles. The van der Waals surface area contributed by atoms with E-state index < -0.39 is 5.97 Å². The van der Waals surface area contributed by atoms with Gasteiger partial charge in [-0.05, 0) is 79.6 Å². The second-order valence-electron chi connectivity index (χ2n) is 8.22. The molecule has 0 fully saturated rings. The molecule has 4 heteroatoms. The average Bonchev–Trinajstić information content (AvgIpc) is 2.75. The predicted octanol–water partition coefficient (Wildman–Crippen LogP) is 6.10. The number of nitrogen functional groups attached to an aromatic ring is 1. The standard InChI is InChI=1S/C27H27NO3/c1-16-8-10-19(11-9-16)15-31-24-14-21-7-5-4-6-20(21)13-22(24)25-18(3)17(2)12-23(26(25)28)27(29)30/h4,6,8-14H,5,7,15,28H2,1-3H3,(H,29,30). The van der Waals surface area contributed by atoms with Gasteiger partial charge in [-0.3, -0.25) is 0 Å². The fraction of sp³-hybridized carbons (Fsp3) is 0.222. The number of rotatable bonds is 5. The summed E-state index contributed by atoms with van der Waals surface area (Å²) in [5, 5.41) is 9.67. The van der Waals surface area contributed by atoms with Gasteiger partial charge in [-0.25, -0.2) is 4.79 Å². The SMILES string of the molecule is Cc1ccc(COc2cc3c(cc2-c2c(C)c(C)cc(C(=O)O)c2N)C=CCC3)cc1. The summed E-state index contributed by atoms with van der Waals surface area (Å²) in [6.07, 6.45) is 6.23. The van der Waals surface area contributed by atoms with E-state index in [1.165, 1.54) is 11.1 Å². The normalized spacial score (nSPS) is 12.5. The minimum atomic E-state index is -1.03. The third-order valence-corrected chi connectivity index (χ3v) is 6.02. The molecule has 3 aromatic carbocycles. The molecule has 3 N–H and O–H groups in total. The van der Waals surface area contributed by atoms with E-state index in [1.54, 1.807) is 6.07 Å². The number of carbonyl (C=O) groups is 1. The minimum absolute atomic E-state index is 0.121. The number of hydrogen-bond acceptors (Lipinski definition) is 3. The Labute approximate surface area is 183 Å². The van der Waals surface area contributed by atoms with Crippen molar-refractivity contribution < 1.29 is 14.6 Å². The molecule has 0 saturated heterocycles. The molecule has 158 valence electrons. The number of aryl methyl sites for hydroxylation is 3. The first kappa shape index (κ1) is 20.7. The summed E-state index contributed by atoms with van der Waals surface area (Å²) in [6, 6.07) is 14.1. The van der Waals surface area contributed by atoms with E-state index in [1.807, 2.05) is 13.8 Å². The smallest absolute Gasteiger partial charge is 0.337 e. The lowest BCUT2D eigenvalue weighted by Crippen LogP contribution is -2.08. The first-order valence-corrected chi connectivity index (χ1v) is 10.5. The number of nitrogens with two attached hydrogens (primary N) is 1. The first-order valence-electron chi connectivity index (χ1n) is 10.5. The number of fused-ring (bicyclic) bond motifs is 1. The van der Waals surface area contributed by atoms with Crippen LogP contribution < -0.4 is 10.5 Å². The van der Waals surface area contributed by atoms with E-state index >= 15 is 0 Å². The highest BCUT2D eigenvalue weighted by Gasteiger charge is 2.22. The van der Waals surface area contributed by atoms with Crippen LogP contribution in [0.4, 0.5) is 5.69 Å². The number of carboxylic acids is 1. The van der Waals surface area contributed by atoms with E-state index in [9.17, 15) is 9.90 Å². The Morgan fingerprint density at radius 3 is 2.55 bits per heavy atom. The third kappa shape index (κ3) is 4.06. The highest BCUT2D eigenvalue weighted by atomic mass is 16.5. The predicted molar refractivity (Wildman–Crippen MR) is 126 cm³/mol. The van der Waals surface area contributed by atoms with Gasteiger partial charge in [0.15, 0.2) is 0 Å². The van der Waals surface area contributed by atoms with Crippen LogP contribution in [0.15, 0.2) is 48.5 Å². The van der Waals surface area contributed by atoms with Gasteiger partial charge in [-0.1, -0.05) is 42.0 Å². The zero-order chi connectivity index (χ0) is 22.1. The topological polar surface area (TPSA) is 72.5 Å². The second-order valence-corrected chi connectivity index (χ2v) is 8.22. The van der Waals surface area contributed by atoms with Gasteiger partial charge in [0.05, 0.1) is 11.3 Å². The van der Waals surface area contributed by atoms with Crippen LogP contribution in [0.25, 0.3) is 17.2 Å². The molecule has 0 atom stereocenters. The number of benzene rings is 3. The van der Waals surface area contributed by atoms with Crippen LogP contribution in [0, 0.1) is 20.8 Å². The van der Waals surface area contributed by atoms with Crippen molar-refractivity contribution in [3.05, 3.63) is 87.5 Å². The molecule has 1 aliphatic carbocycles. The molecule has 0 saturated carbocycles. The van der Waals surface area contributed by atoms with Crippen molar-refractivity contribution in [2.24, 2.45) is 0 Å².